The lowest BCUT2D eigenvalue weighted by Gasteiger charge is -2.17. The number of rotatable bonds is 5. The van der Waals surface area contributed by atoms with Gasteiger partial charge in [-0.2, -0.15) is 0 Å². The zero-order valence-electron chi connectivity index (χ0n) is 14.2. The van der Waals surface area contributed by atoms with Crippen molar-refractivity contribution in [3.8, 4) is 11.3 Å². The summed E-state index contributed by atoms with van der Waals surface area (Å²) in [5.41, 5.74) is 0.360. The normalized spacial score (nSPS) is 11.2. The third-order valence-electron chi connectivity index (χ3n) is 3.28. The maximum absolute atomic E-state index is 13.3. The number of nitrogens with zero attached hydrogens (tertiary/aromatic N) is 1. The number of benzene rings is 1. The van der Waals surface area contributed by atoms with Gasteiger partial charge in [-0.3, -0.25) is 9.59 Å². The van der Waals surface area contributed by atoms with Gasteiger partial charge in [0.2, 0.25) is 11.8 Å². The third-order valence-corrected chi connectivity index (χ3v) is 4.04. The summed E-state index contributed by atoms with van der Waals surface area (Å²) >= 11 is 1.18. The molecule has 0 saturated carbocycles. The molecule has 0 bridgehead atoms. The first kappa shape index (κ1) is 19.0. The molecule has 1 heterocycles. The van der Waals surface area contributed by atoms with Crippen LogP contribution in [0.25, 0.3) is 11.3 Å². The van der Waals surface area contributed by atoms with Crippen LogP contribution in [0.4, 0.5) is 13.9 Å². The van der Waals surface area contributed by atoms with Crippen LogP contribution >= 0.6 is 11.3 Å². The van der Waals surface area contributed by atoms with Crippen LogP contribution in [0.15, 0.2) is 23.6 Å². The number of hydrogen-bond donors (Lipinski definition) is 2. The van der Waals surface area contributed by atoms with Crippen molar-refractivity contribution in [2.45, 2.75) is 27.2 Å². The van der Waals surface area contributed by atoms with E-state index < -0.39 is 17.0 Å². The molecule has 2 aromatic rings. The Labute approximate surface area is 148 Å². The van der Waals surface area contributed by atoms with Crippen molar-refractivity contribution >= 4 is 28.3 Å². The Balaban J connectivity index is 1.89. The van der Waals surface area contributed by atoms with E-state index in [1.165, 1.54) is 17.4 Å². The summed E-state index contributed by atoms with van der Waals surface area (Å²) in [6.45, 7) is 5.59. The maximum Gasteiger partial charge on any atom is 0.227 e. The molecule has 0 spiro atoms. The lowest BCUT2D eigenvalue weighted by Crippen LogP contribution is -2.36. The maximum atomic E-state index is 13.3. The van der Waals surface area contributed by atoms with E-state index in [0.29, 0.717) is 16.4 Å². The average molecular weight is 367 g/mol. The van der Waals surface area contributed by atoms with Crippen LogP contribution in [0.5, 0.6) is 0 Å². The van der Waals surface area contributed by atoms with Gasteiger partial charge in [0.1, 0.15) is 0 Å². The minimum absolute atomic E-state index is 0.113. The van der Waals surface area contributed by atoms with E-state index in [9.17, 15) is 18.4 Å². The largest absolute Gasteiger partial charge is 0.355 e. The smallest absolute Gasteiger partial charge is 0.227 e. The number of carbonyl (C=O) groups is 2. The van der Waals surface area contributed by atoms with E-state index in [2.05, 4.69) is 15.6 Å². The van der Waals surface area contributed by atoms with Gasteiger partial charge in [0.15, 0.2) is 16.8 Å². The topological polar surface area (TPSA) is 71.1 Å². The molecule has 2 amide bonds. The van der Waals surface area contributed by atoms with Crippen LogP contribution in [0.1, 0.15) is 27.2 Å². The van der Waals surface area contributed by atoms with Gasteiger partial charge >= 0.3 is 0 Å². The van der Waals surface area contributed by atoms with Crippen molar-refractivity contribution in [3.63, 3.8) is 0 Å². The summed E-state index contributed by atoms with van der Waals surface area (Å²) in [5.74, 6) is -2.30. The molecule has 0 aliphatic rings. The molecule has 0 saturated heterocycles. The molecule has 2 rings (SSSR count). The molecular weight excluding hydrogens is 348 g/mol. The van der Waals surface area contributed by atoms with Gasteiger partial charge in [0.25, 0.3) is 0 Å². The highest BCUT2D eigenvalue weighted by atomic mass is 32.1. The minimum Gasteiger partial charge on any atom is -0.355 e. The van der Waals surface area contributed by atoms with Crippen LogP contribution in [0, 0.1) is 17.0 Å². The van der Waals surface area contributed by atoms with Crippen molar-refractivity contribution in [1.82, 2.24) is 10.3 Å². The average Bonchev–Trinajstić information content (AvgIpc) is 2.97. The zero-order valence-corrected chi connectivity index (χ0v) is 15.0. The summed E-state index contributed by atoms with van der Waals surface area (Å²) in [7, 11) is 0. The molecule has 0 aliphatic heterocycles. The highest BCUT2D eigenvalue weighted by molar-refractivity contribution is 7.14. The lowest BCUT2D eigenvalue weighted by atomic mass is 9.96. The fourth-order valence-electron chi connectivity index (χ4n) is 1.86. The molecule has 1 aromatic carbocycles. The number of amides is 2. The second kappa shape index (κ2) is 7.69. The van der Waals surface area contributed by atoms with Crippen LogP contribution in [-0.4, -0.2) is 23.3 Å². The Hall–Kier alpha value is -2.35. The molecule has 2 N–H and O–H groups in total. The van der Waals surface area contributed by atoms with E-state index in [1.807, 2.05) is 0 Å². The molecular formula is C17H19F2N3O2S. The number of halogens is 2. The molecule has 0 unspecified atom stereocenters. The molecule has 5 nitrogen and oxygen atoms in total. The molecule has 0 atom stereocenters. The highest BCUT2D eigenvalue weighted by Crippen LogP contribution is 2.26. The number of thiazole rings is 1. The van der Waals surface area contributed by atoms with Crippen molar-refractivity contribution in [3.05, 3.63) is 35.2 Å². The Bertz CT molecular complexity index is 784. The number of hydrogen-bond acceptors (Lipinski definition) is 4. The predicted octanol–water partition coefficient (Wildman–Crippen LogP) is 3.58. The summed E-state index contributed by atoms with van der Waals surface area (Å²) in [6, 6.07) is 3.50. The SMILES string of the molecule is CC(C)(C)C(=O)NCCC(=O)Nc1nc(-c2ccc(F)c(F)c2)cs1. The second-order valence-corrected chi connectivity index (χ2v) is 7.33. The van der Waals surface area contributed by atoms with Crippen LogP contribution in [0.2, 0.25) is 0 Å². The first-order chi connectivity index (χ1) is 11.7. The summed E-state index contributed by atoms with van der Waals surface area (Å²) in [6.07, 6.45) is 0.113. The second-order valence-electron chi connectivity index (χ2n) is 6.47. The van der Waals surface area contributed by atoms with Gasteiger partial charge in [-0.15, -0.1) is 11.3 Å². The number of nitrogens with one attached hydrogen (secondary N) is 2. The standard InChI is InChI=1S/C17H19F2N3O2S/c1-17(2,3)15(24)20-7-6-14(23)22-16-21-13(9-25-16)10-4-5-11(18)12(19)8-10/h4-5,8-9H,6-7H2,1-3H3,(H,20,24)(H,21,22,23). The Morgan fingerprint density at radius 2 is 1.92 bits per heavy atom. The fraction of sp³-hybridized carbons (Fsp3) is 0.353. The molecule has 0 fully saturated rings. The Kier molecular flexibility index (Phi) is 5.84. The monoisotopic (exact) mass is 367 g/mol. The van der Waals surface area contributed by atoms with Gasteiger partial charge in [-0.05, 0) is 18.2 Å². The van der Waals surface area contributed by atoms with Crippen LogP contribution in [-0.2, 0) is 9.59 Å². The number of anilines is 1. The molecule has 1 aromatic heterocycles. The summed E-state index contributed by atoms with van der Waals surface area (Å²) in [5, 5.41) is 7.30. The van der Waals surface area contributed by atoms with Gasteiger partial charge in [-0.1, -0.05) is 20.8 Å². The molecule has 8 heteroatoms. The van der Waals surface area contributed by atoms with Crippen LogP contribution < -0.4 is 10.6 Å². The van der Waals surface area contributed by atoms with Gasteiger partial charge in [0.05, 0.1) is 5.69 Å². The highest BCUT2D eigenvalue weighted by Gasteiger charge is 2.20. The van der Waals surface area contributed by atoms with E-state index in [-0.39, 0.29) is 24.8 Å². The van der Waals surface area contributed by atoms with E-state index in [4.69, 9.17) is 0 Å². The van der Waals surface area contributed by atoms with Gasteiger partial charge in [0, 0.05) is 29.3 Å². The van der Waals surface area contributed by atoms with E-state index in [1.54, 1.807) is 26.2 Å². The van der Waals surface area contributed by atoms with Crippen molar-refractivity contribution in [2.75, 3.05) is 11.9 Å². The van der Waals surface area contributed by atoms with Crippen LogP contribution in [0.3, 0.4) is 0 Å². The molecule has 134 valence electrons. The van der Waals surface area contributed by atoms with E-state index >= 15 is 0 Å². The quantitative estimate of drug-likeness (QED) is 0.849. The third kappa shape index (κ3) is 5.32. The van der Waals surface area contributed by atoms with E-state index in [0.717, 1.165) is 12.1 Å². The van der Waals surface area contributed by atoms with Crippen molar-refractivity contribution in [1.29, 1.82) is 0 Å². The first-order valence-electron chi connectivity index (χ1n) is 7.66. The molecule has 25 heavy (non-hydrogen) atoms. The summed E-state index contributed by atoms with van der Waals surface area (Å²) < 4.78 is 26.2. The predicted molar refractivity (Wildman–Crippen MR) is 93.2 cm³/mol. The zero-order chi connectivity index (χ0) is 18.6. The summed E-state index contributed by atoms with van der Waals surface area (Å²) in [4.78, 5) is 27.8. The molecule has 0 radical (unpaired) electrons. The fourth-order valence-corrected chi connectivity index (χ4v) is 2.59. The van der Waals surface area contributed by atoms with Crippen molar-refractivity contribution < 1.29 is 18.4 Å². The number of aromatic nitrogens is 1. The molecule has 0 aliphatic carbocycles. The number of carbonyl (C=O) groups excluding carboxylic acids is 2. The lowest BCUT2D eigenvalue weighted by molar-refractivity contribution is -0.128. The Morgan fingerprint density at radius 3 is 2.56 bits per heavy atom. The van der Waals surface area contributed by atoms with Gasteiger partial charge < -0.3 is 10.6 Å². The minimum atomic E-state index is -0.953. The Morgan fingerprint density at radius 1 is 1.20 bits per heavy atom. The van der Waals surface area contributed by atoms with Gasteiger partial charge in [-0.25, -0.2) is 13.8 Å². The first-order valence-corrected chi connectivity index (χ1v) is 8.54. The van der Waals surface area contributed by atoms with Crippen molar-refractivity contribution in [2.24, 2.45) is 5.41 Å².